The fourth-order valence-electron chi connectivity index (χ4n) is 2.70. The predicted molar refractivity (Wildman–Crippen MR) is 95.3 cm³/mol. The molecule has 0 aliphatic carbocycles. The van der Waals surface area contributed by atoms with Gasteiger partial charge in [0, 0.05) is 11.6 Å². The van der Waals surface area contributed by atoms with Crippen LogP contribution >= 0.6 is 0 Å². The predicted octanol–water partition coefficient (Wildman–Crippen LogP) is 2.86. The number of aliphatic hydroxyl groups excluding tert-OH is 1. The van der Waals surface area contributed by atoms with Crippen molar-refractivity contribution >= 4 is 11.6 Å². The average molecular weight is 342 g/mol. The molecule has 0 saturated carbocycles. The maximum absolute atomic E-state index is 12.3. The summed E-state index contributed by atoms with van der Waals surface area (Å²) < 4.78 is 0. The van der Waals surface area contributed by atoms with E-state index in [0.717, 1.165) is 12.0 Å². The van der Waals surface area contributed by atoms with Crippen LogP contribution in [0, 0.1) is 17.0 Å². The lowest BCUT2D eigenvalue weighted by atomic mass is 10.0. The van der Waals surface area contributed by atoms with Gasteiger partial charge in [-0.05, 0) is 30.0 Å². The van der Waals surface area contributed by atoms with Crippen LogP contribution in [-0.2, 0) is 17.6 Å². The van der Waals surface area contributed by atoms with Crippen molar-refractivity contribution in [1.82, 2.24) is 5.32 Å². The quantitative estimate of drug-likeness (QED) is 0.598. The number of nitrogens with zero attached hydrogens (tertiary/aromatic N) is 1. The Hall–Kier alpha value is -2.73. The van der Waals surface area contributed by atoms with Gasteiger partial charge in [-0.15, -0.1) is 0 Å². The molecule has 2 rings (SSSR count). The minimum Gasteiger partial charge on any atom is -0.394 e. The van der Waals surface area contributed by atoms with E-state index in [4.69, 9.17) is 0 Å². The molecule has 0 spiro atoms. The van der Waals surface area contributed by atoms with Crippen molar-refractivity contribution < 1.29 is 14.8 Å². The molecule has 1 unspecified atom stereocenters. The van der Waals surface area contributed by atoms with Crippen LogP contribution < -0.4 is 5.32 Å². The SMILES string of the molecule is CCc1ccc(C(CO)NC(=O)Cc2cccc([N+](=O)[O-])c2C)cc1. The molecule has 2 N–H and O–H groups in total. The Labute approximate surface area is 146 Å². The monoisotopic (exact) mass is 342 g/mol. The lowest BCUT2D eigenvalue weighted by Crippen LogP contribution is -2.32. The number of benzene rings is 2. The molecule has 2 aromatic carbocycles. The maximum Gasteiger partial charge on any atom is 0.272 e. The summed E-state index contributed by atoms with van der Waals surface area (Å²) >= 11 is 0. The zero-order valence-electron chi connectivity index (χ0n) is 14.4. The van der Waals surface area contributed by atoms with Gasteiger partial charge in [0.2, 0.25) is 5.91 Å². The van der Waals surface area contributed by atoms with Gasteiger partial charge in [0.15, 0.2) is 0 Å². The summed E-state index contributed by atoms with van der Waals surface area (Å²) in [5, 5.41) is 23.4. The van der Waals surface area contributed by atoms with Gasteiger partial charge >= 0.3 is 0 Å². The molecule has 2 aromatic rings. The van der Waals surface area contributed by atoms with E-state index in [1.165, 1.54) is 11.6 Å². The third-order valence-electron chi connectivity index (χ3n) is 4.27. The van der Waals surface area contributed by atoms with Gasteiger partial charge in [0.05, 0.1) is 24.0 Å². The molecule has 25 heavy (non-hydrogen) atoms. The van der Waals surface area contributed by atoms with E-state index < -0.39 is 11.0 Å². The highest BCUT2D eigenvalue weighted by Gasteiger charge is 2.18. The Kier molecular flexibility index (Phi) is 6.25. The van der Waals surface area contributed by atoms with E-state index >= 15 is 0 Å². The molecule has 0 aromatic heterocycles. The number of hydrogen-bond donors (Lipinski definition) is 2. The first-order chi connectivity index (χ1) is 12.0. The van der Waals surface area contributed by atoms with Crippen LogP contribution in [-0.4, -0.2) is 22.5 Å². The first-order valence-electron chi connectivity index (χ1n) is 8.18. The molecule has 0 heterocycles. The molecule has 6 heteroatoms. The van der Waals surface area contributed by atoms with Crippen LogP contribution in [0.2, 0.25) is 0 Å². The van der Waals surface area contributed by atoms with Crippen molar-refractivity contribution in [3.8, 4) is 0 Å². The van der Waals surface area contributed by atoms with Crippen LogP contribution in [0.3, 0.4) is 0 Å². The summed E-state index contributed by atoms with van der Waals surface area (Å²) in [6, 6.07) is 11.9. The van der Waals surface area contributed by atoms with Gasteiger partial charge < -0.3 is 10.4 Å². The van der Waals surface area contributed by atoms with Gasteiger partial charge in [0.25, 0.3) is 5.69 Å². The second kappa shape index (κ2) is 8.39. The molecule has 0 bridgehead atoms. The lowest BCUT2D eigenvalue weighted by Gasteiger charge is -2.17. The maximum atomic E-state index is 12.3. The van der Waals surface area contributed by atoms with Crippen LogP contribution in [0.15, 0.2) is 42.5 Å². The van der Waals surface area contributed by atoms with Crippen LogP contribution in [0.1, 0.15) is 35.2 Å². The van der Waals surface area contributed by atoms with Crippen molar-refractivity contribution in [2.75, 3.05) is 6.61 Å². The second-order valence-electron chi connectivity index (χ2n) is 5.89. The fourth-order valence-corrected chi connectivity index (χ4v) is 2.70. The van der Waals surface area contributed by atoms with Gasteiger partial charge in [-0.1, -0.05) is 43.3 Å². The van der Waals surface area contributed by atoms with Gasteiger partial charge in [-0.25, -0.2) is 0 Å². The summed E-state index contributed by atoms with van der Waals surface area (Å²) in [7, 11) is 0. The van der Waals surface area contributed by atoms with Crippen molar-refractivity contribution in [2.45, 2.75) is 32.7 Å². The number of carbonyl (C=O) groups is 1. The summed E-state index contributed by atoms with van der Waals surface area (Å²) in [6.45, 7) is 3.47. The molecule has 0 saturated heterocycles. The molecular weight excluding hydrogens is 320 g/mol. The third-order valence-corrected chi connectivity index (χ3v) is 4.27. The van der Waals surface area contributed by atoms with E-state index in [9.17, 15) is 20.0 Å². The Morgan fingerprint density at radius 2 is 1.92 bits per heavy atom. The molecule has 0 fully saturated rings. The topological polar surface area (TPSA) is 92.5 Å². The number of nitrogens with one attached hydrogen (secondary N) is 1. The van der Waals surface area contributed by atoms with Gasteiger partial charge in [-0.2, -0.15) is 0 Å². The molecule has 0 aliphatic rings. The van der Waals surface area contributed by atoms with Crippen LogP contribution in [0.25, 0.3) is 0 Å². The number of aliphatic hydroxyl groups is 1. The molecule has 1 amide bonds. The van der Waals surface area contributed by atoms with Crippen molar-refractivity contribution in [3.05, 3.63) is 74.8 Å². The molecule has 0 aliphatic heterocycles. The molecule has 6 nitrogen and oxygen atoms in total. The summed E-state index contributed by atoms with van der Waals surface area (Å²) in [6.07, 6.45) is 0.944. The summed E-state index contributed by atoms with van der Waals surface area (Å²) in [5.74, 6) is -0.290. The second-order valence-corrected chi connectivity index (χ2v) is 5.89. The van der Waals surface area contributed by atoms with E-state index in [0.29, 0.717) is 11.1 Å². The number of nitro benzene ring substituents is 1. The Bertz CT molecular complexity index is 757. The van der Waals surface area contributed by atoms with Crippen molar-refractivity contribution in [2.24, 2.45) is 0 Å². The van der Waals surface area contributed by atoms with E-state index in [2.05, 4.69) is 12.2 Å². The fraction of sp³-hybridized carbons (Fsp3) is 0.316. The number of hydrogen-bond acceptors (Lipinski definition) is 4. The van der Waals surface area contributed by atoms with Crippen molar-refractivity contribution in [1.29, 1.82) is 0 Å². The minimum atomic E-state index is -0.502. The third kappa shape index (κ3) is 4.64. The zero-order chi connectivity index (χ0) is 18.4. The zero-order valence-corrected chi connectivity index (χ0v) is 14.4. The molecule has 132 valence electrons. The Morgan fingerprint density at radius 1 is 1.24 bits per heavy atom. The first-order valence-corrected chi connectivity index (χ1v) is 8.18. The number of carbonyl (C=O) groups excluding carboxylic acids is 1. The van der Waals surface area contributed by atoms with E-state index in [-0.39, 0.29) is 24.6 Å². The number of nitro groups is 1. The number of amides is 1. The van der Waals surface area contributed by atoms with Crippen molar-refractivity contribution in [3.63, 3.8) is 0 Å². The number of rotatable bonds is 7. The lowest BCUT2D eigenvalue weighted by molar-refractivity contribution is -0.385. The van der Waals surface area contributed by atoms with Crippen LogP contribution in [0.5, 0.6) is 0 Å². The largest absolute Gasteiger partial charge is 0.394 e. The standard InChI is InChI=1S/C19H22N2O4/c1-3-14-7-9-15(10-8-14)17(12-22)20-19(23)11-16-5-4-6-18(13(16)2)21(24)25/h4-10,17,22H,3,11-12H2,1-2H3,(H,20,23). The Morgan fingerprint density at radius 3 is 2.48 bits per heavy atom. The number of aryl methyl sites for hydroxylation is 1. The highest BCUT2D eigenvalue weighted by Crippen LogP contribution is 2.22. The highest BCUT2D eigenvalue weighted by molar-refractivity contribution is 5.79. The average Bonchev–Trinajstić information content (AvgIpc) is 2.61. The molecule has 1 atom stereocenters. The Balaban J connectivity index is 2.10. The van der Waals surface area contributed by atoms with E-state index in [1.54, 1.807) is 19.1 Å². The molecule has 0 radical (unpaired) electrons. The minimum absolute atomic E-state index is 0.000775. The highest BCUT2D eigenvalue weighted by atomic mass is 16.6. The first kappa shape index (κ1) is 18.6. The van der Waals surface area contributed by atoms with Gasteiger partial charge in [-0.3, -0.25) is 14.9 Å². The van der Waals surface area contributed by atoms with E-state index in [1.807, 2.05) is 24.3 Å². The summed E-state index contributed by atoms with van der Waals surface area (Å²) in [5.41, 5.74) is 3.09. The normalized spacial score (nSPS) is 11.8. The summed E-state index contributed by atoms with van der Waals surface area (Å²) in [4.78, 5) is 22.9. The smallest absolute Gasteiger partial charge is 0.272 e. The van der Waals surface area contributed by atoms with Gasteiger partial charge in [0.1, 0.15) is 0 Å². The molecular formula is C19H22N2O4. The van der Waals surface area contributed by atoms with Crippen LogP contribution in [0.4, 0.5) is 5.69 Å².